The molecule has 2 aromatic carbocycles. The molecular weight excluding hydrogens is 427 g/mol. The number of rotatable bonds is 8. The van der Waals surface area contributed by atoms with Crippen LogP contribution in [0.3, 0.4) is 0 Å². The maximum absolute atomic E-state index is 13.1. The molecule has 1 aromatic heterocycles. The Balaban J connectivity index is 0.00000261. The Kier molecular flexibility index (Phi) is 8.91. The van der Waals surface area contributed by atoms with E-state index in [1.54, 1.807) is 23.5 Å². The lowest BCUT2D eigenvalue weighted by atomic mass is 10.1. The molecule has 0 unspecified atom stereocenters. The fourth-order valence-electron chi connectivity index (χ4n) is 2.84. The highest BCUT2D eigenvalue weighted by atomic mass is 79.9. The molecule has 0 spiro atoms. The third-order valence-corrected chi connectivity index (χ3v) is 5.07. The van der Waals surface area contributed by atoms with E-state index >= 15 is 0 Å². The first kappa shape index (κ1) is 21.5. The number of hydrogen-bond acceptors (Lipinski definition) is 3. The summed E-state index contributed by atoms with van der Waals surface area (Å²) in [6.45, 7) is 1.13. The first-order valence-electron chi connectivity index (χ1n) is 8.93. The molecule has 0 radical (unpaired) electrons. The van der Waals surface area contributed by atoms with E-state index in [2.05, 4.69) is 22.1 Å². The average Bonchev–Trinajstić information content (AvgIpc) is 3.07. The minimum absolute atomic E-state index is 0. The van der Waals surface area contributed by atoms with Crippen LogP contribution >= 0.6 is 28.3 Å². The molecule has 0 fully saturated rings. The van der Waals surface area contributed by atoms with Gasteiger partial charge in [0.05, 0.1) is 11.4 Å². The van der Waals surface area contributed by atoms with Gasteiger partial charge in [-0.05, 0) is 42.7 Å². The third-order valence-electron chi connectivity index (χ3n) is 4.21. The van der Waals surface area contributed by atoms with E-state index in [1.165, 1.54) is 17.7 Å². The summed E-state index contributed by atoms with van der Waals surface area (Å²) in [5.74, 6) is -0.253. The molecule has 0 saturated carbocycles. The van der Waals surface area contributed by atoms with Crippen LogP contribution in [0.1, 0.15) is 25.7 Å². The first-order valence-corrected chi connectivity index (χ1v) is 9.81. The Morgan fingerprint density at radius 2 is 1.63 bits per heavy atom. The summed E-state index contributed by atoms with van der Waals surface area (Å²) < 4.78 is 15.4. The summed E-state index contributed by atoms with van der Waals surface area (Å²) in [4.78, 5) is 5.63. The van der Waals surface area contributed by atoms with Gasteiger partial charge in [-0.2, -0.15) is 0 Å². The van der Waals surface area contributed by atoms with Crippen LogP contribution < -0.4 is 4.80 Å². The van der Waals surface area contributed by atoms with Crippen molar-refractivity contribution in [2.75, 3.05) is 6.61 Å². The second-order valence-corrected chi connectivity index (χ2v) is 6.98. The molecular formula is C21H24BrFN2OS. The van der Waals surface area contributed by atoms with Gasteiger partial charge in [0, 0.05) is 18.5 Å². The second kappa shape index (κ2) is 11.2. The Hall–Kier alpha value is -1.76. The molecule has 0 atom stereocenters. The number of aromatic nitrogens is 1. The number of nitrogens with zero attached hydrogens (tertiary/aromatic N) is 2. The van der Waals surface area contributed by atoms with E-state index in [0.29, 0.717) is 0 Å². The van der Waals surface area contributed by atoms with E-state index in [9.17, 15) is 4.39 Å². The van der Waals surface area contributed by atoms with Crippen molar-refractivity contribution in [3.05, 3.63) is 70.6 Å². The molecule has 144 valence electrons. The molecule has 0 saturated heterocycles. The zero-order valence-electron chi connectivity index (χ0n) is 15.1. The number of hydrogen-bond donors (Lipinski definition) is 1. The molecule has 27 heavy (non-hydrogen) atoms. The normalized spacial score (nSPS) is 11.4. The zero-order valence-corrected chi connectivity index (χ0v) is 17.6. The smallest absolute Gasteiger partial charge is 0.190 e. The summed E-state index contributed by atoms with van der Waals surface area (Å²) in [5.41, 5.74) is 3.07. The predicted molar refractivity (Wildman–Crippen MR) is 115 cm³/mol. The highest BCUT2D eigenvalue weighted by Gasteiger charge is 2.08. The molecule has 0 bridgehead atoms. The lowest BCUT2D eigenvalue weighted by Gasteiger charge is -2.09. The lowest BCUT2D eigenvalue weighted by molar-refractivity contribution is 0.282. The standard InChI is InChI=1S/C21H23FN2OS.BrH/c22-18-10-12-19(13-11-18)23-21-24(14-6-1-2-7-15-25)20(16-26-21)17-8-4-3-5-9-17;/h3-5,8-13,16,25H,1-2,6-7,14-15H2;1H. The van der Waals surface area contributed by atoms with Crippen LogP contribution in [0, 0.1) is 5.82 Å². The van der Waals surface area contributed by atoms with Gasteiger partial charge in [0.25, 0.3) is 0 Å². The number of halogens is 2. The Labute approximate surface area is 173 Å². The predicted octanol–water partition coefficient (Wildman–Crippen LogP) is 5.72. The molecule has 0 amide bonds. The summed E-state index contributed by atoms with van der Waals surface area (Å²) in [6, 6.07) is 16.6. The highest BCUT2D eigenvalue weighted by Crippen LogP contribution is 2.21. The monoisotopic (exact) mass is 450 g/mol. The van der Waals surface area contributed by atoms with Crippen molar-refractivity contribution < 1.29 is 9.50 Å². The van der Waals surface area contributed by atoms with E-state index < -0.39 is 0 Å². The van der Waals surface area contributed by atoms with Gasteiger partial charge in [0.15, 0.2) is 4.80 Å². The first-order chi connectivity index (χ1) is 12.8. The van der Waals surface area contributed by atoms with Crippen LogP contribution in [0.15, 0.2) is 65.0 Å². The van der Waals surface area contributed by atoms with E-state index in [0.717, 1.165) is 48.4 Å². The van der Waals surface area contributed by atoms with Crippen LogP contribution in [0.4, 0.5) is 10.1 Å². The van der Waals surface area contributed by atoms with Gasteiger partial charge < -0.3 is 9.67 Å². The van der Waals surface area contributed by atoms with Crippen LogP contribution in [0.2, 0.25) is 0 Å². The zero-order chi connectivity index (χ0) is 18.2. The van der Waals surface area contributed by atoms with Gasteiger partial charge >= 0.3 is 0 Å². The maximum atomic E-state index is 13.1. The minimum Gasteiger partial charge on any atom is -0.396 e. The van der Waals surface area contributed by atoms with Gasteiger partial charge in [-0.15, -0.1) is 28.3 Å². The fourth-order valence-corrected chi connectivity index (χ4v) is 3.79. The van der Waals surface area contributed by atoms with Gasteiger partial charge in [0.2, 0.25) is 0 Å². The number of unbranched alkanes of at least 4 members (excludes halogenated alkanes) is 3. The van der Waals surface area contributed by atoms with Gasteiger partial charge in [-0.3, -0.25) is 0 Å². The number of aliphatic hydroxyl groups is 1. The lowest BCUT2D eigenvalue weighted by Crippen LogP contribution is -2.16. The van der Waals surface area contributed by atoms with Crippen molar-refractivity contribution in [2.45, 2.75) is 32.2 Å². The van der Waals surface area contributed by atoms with Crippen molar-refractivity contribution in [3.63, 3.8) is 0 Å². The Bertz CT molecular complexity index is 875. The van der Waals surface area contributed by atoms with Crippen LogP contribution in [-0.2, 0) is 6.54 Å². The van der Waals surface area contributed by atoms with Crippen molar-refractivity contribution in [1.29, 1.82) is 0 Å². The van der Waals surface area contributed by atoms with E-state index in [1.807, 2.05) is 18.2 Å². The van der Waals surface area contributed by atoms with Gasteiger partial charge in [-0.1, -0.05) is 43.2 Å². The summed E-state index contributed by atoms with van der Waals surface area (Å²) in [5, 5.41) is 11.1. The third kappa shape index (κ3) is 6.13. The summed E-state index contributed by atoms with van der Waals surface area (Å²) in [7, 11) is 0. The Morgan fingerprint density at radius 1 is 0.926 bits per heavy atom. The average molecular weight is 451 g/mol. The summed E-state index contributed by atoms with van der Waals surface area (Å²) in [6.07, 6.45) is 4.00. The summed E-state index contributed by atoms with van der Waals surface area (Å²) >= 11 is 1.60. The van der Waals surface area contributed by atoms with Gasteiger partial charge in [0.1, 0.15) is 5.82 Å². The number of benzene rings is 2. The fraction of sp³-hybridized carbons (Fsp3) is 0.286. The second-order valence-electron chi connectivity index (χ2n) is 6.15. The van der Waals surface area contributed by atoms with Crippen LogP contribution in [-0.4, -0.2) is 16.3 Å². The van der Waals surface area contributed by atoms with Crippen LogP contribution in [0.25, 0.3) is 11.3 Å². The maximum Gasteiger partial charge on any atom is 0.190 e. The molecule has 0 aliphatic heterocycles. The topological polar surface area (TPSA) is 37.5 Å². The minimum atomic E-state index is -0.253. The molecule has 0 aliphatic carbocycles. The Morgan fingerprint density at radius 3 is 2.33 bits per heavy atom. The van der Waals surface area contributed by atoms with Crippen molar-refractivity contribution in [3.8, 4) is 11.3 Å². The molecule has 3 rings (SSSR count). The molecule has 3 nitrogen and oxygen atoms in total. The quantitative estimate of drug-likeness (QED) is 0.437. The highest BCUT2D eigenvalue weighted by molar-refractivity contribution is 8.93. The van der Waals surface area contributed by atoms with Crippen molar-refractivity contribution in [1.82, 2.24) is 4.57 Å². The SMILES string of the molecule is Br.OCCCCCCn1c(-c2ccccc2)csc1=Nc1ccc(F)cc1. The largest absolute Gasteiger partial charge is 0.396 e. The van der Waals surface area contributed by atoms with Gasteiger partial charge in [-0.25, -0.2) is 9.38 Å². The number of thiazole rings is 1. The van der Waals surface area contributed by atoms with E-state index in [-0.39, 0.29) is 29.4 Å². The molecule has 1 N–H and O–H groups in total. The number of aliphatic hydroxyl groups excluding tert-OH is 1. The molecule has 0 aliphatic rings. The van der Waals surface area contributed by atoms with Crippen molar-refractivity contribution >= 4 is 34.0 Å². The van der Waals surface area contributed by atoms with E-state index in [4.69, 9.17) is 10.1 Å². The molecule has 3 aromatic rings. The van der Waals surface area contributed by atoms with Crippen molar-refractivity contribution in [2.24, 2.45) is 4.99 Å². The van der Waals surface area contributed by atoms with Crippen LogP contribution in [0.5, 0.6) is 0 Å². The molecule has 1 heterocycles. The molecule has 6 heteroatoms.